The van der Waals surface area contributed by atoms with E-state index < -0.39 is 0 Å². The predicted molar refractivity (Wildman–Crippen MR) is 94.8 cm³/mol. The lowest BCUT2D eigenvalue weighted by atomic mass is 9.88. The fourth-order valence-corrected chi connectivity index (χ4v) is 3.46. The Morgan fingerprint density at radius 2 is 1.96 bits per heavy atom. The number of phenols is 1. The number of rotatable bonds is 4. The molecule has 3 rings (SSSR count). The maximum atomic E-state index is 10.2. The van der Waals surface area contributed by atoms with E-state index in [2.05, 4.69) is 11.9 Å². The highest BCUT2D eigenvalue weighted by Gasteiger charge is 2.28. The van der Waals surface area contributed by atoms with Crippen molar-refractivity contribution < 1.29 is 14.6 Å². The van der Waals surface area contributed by atoms with E-state index in [0.717, 1.165) is 42.0 Å². The van der Waals surface area contributed by atoms with Gasteiger partial charge in [0, 0.05) is 23.8 Å². The van der Waals surface area contributed by atoms with Crippen LogP contribution in [0.25, 0.3) is 0 Å². The molecule has 0 saturated carbocycles. The van der Waals surface area contributed by atoms with Gasteiger partial charge in [0.05, 0.1) is 14.2 Å². The fourth-order valence-electron chi connectivity index (χ4n) is 3.46. The molecule has 5 heteroatoms. The van der Waals surface area contributed by atoms with E-state index >= 15 is 0 Å². The van der Waals surface area contributed by atoms with Crippen LogP contribution < -0.4 is 15.2 Å². The van der Waals surface area contributed by atoms with Gasteiger partial charge in [-0.25, -0.2) is 0 Å². The molecule has 128 valence electrons. The van der Waals surface area contributed by atoms with Crippen molar-refractivity contribution in [2.75, 3.05) is 33.5 Å². The molecule has 0 aliphatic carbocycles. The number of benzene rings is 2. The molecule has 3 N–H and O–H groups in total. The number of aromatic hydroxyl groups is 1. The van der Waals surface area contributed by atoms with Gasteiger partial charge in [0.2, 0.25) is 0 Å². The van der Waals surface area contributed by atoms with Gasteiger partial charge in [-0.15, -0.1) is 0 Å². The van der Waals surface area contributed by atoms with Crippen molar-refractivity contribution in [1.82, 2.24) is 4.90 Å². The Hall–Kier alpha value is -2.40. The molecule has 1 atom stereocenters. The third-order valence-electron chi connectivity index (χ3n) is 4.85. The first-order valence-corrected chi connectivity index (χ1v) is 8.06. The van der Waals surface area contributed by atoms with Crippen molar-refractivity contribution >= 4 is 5.69 Å². The van der Waals surface area contributed by atoms with E-state index in [9.17, 15) is 5.11 Å². The second-order valence-electron chi connectivity index (χ2n) is 6.20. The lowest BCUT2D eigenvalue weighted by Gasteiger charge is -2.35. The lowest BCUT2D eigenvalue weighted by molar-refractivity contribution is 0.227. The highest BCUT2D eigenvalue weighted by Crippen LogP contribution is 2.40. The van der Waals surface area contributed by atoms with Crippen LogP contribution in [0, 0.1) is 0 Å². The molecular formula is C19H24N2O3. The number of methoxy groups -OCH3 is 2. The summed E-state index contributed by atoms with van der Waals surface area (Å²) in [7, 11) is 5.33. The van der Waals surface area contributed by atoms with Crippen LogP contribution >= 0.6 is 0 Å². The smallest absolute Gasteiger partial charge is 0.160 e. The first-order valence-electron chi connectivity index (χ1n) is 8.06. The Bertz CT molecular complexity index is 746. The van der Waals surface area contributed by atoms with E-state index in [1.54, 1.807) is 14.2 Å². The molecule has 24 heavy (non-hydrogen) atoms. The van der Waals surface area contributed by atoms with Gasteiger partial charge in [0.15, 0.2) is 11.5 Å². The normalized spacial score (nSPS) is 17.4. The quantitative estimate of drug-likeness (QED) is 0.845. The molecule has 0 radical (unpaired) electrons. The molecule has 0 amide bonds. The van der Waals surface area contributed by atoms with Gasteiger partial charge in [-0.1, -0.05) is 6.07 Å². The number of likely N-dealkylation sites (N-methyl/N-ethyl adjacent to an activating group) is 1. The summed E-state index contributed by atoms with van der Waals surface area (Å²) in [5.74, 6) is 1.49. The number of anilines is 1. The SMILES string of the molecule is COc1cc2c(cc1O)C(Cc1c(N)cccc1OC)N(C)CC2. The van der Waals surface area contributed by atoms with Crippen LogP contribution in [-0.2, 0) is 12.8 Å². The summed E-state index contributed by atoms with van der Waals surface area (Å²) in [5, 5.41) is 10.2. The number of phenolic OH excluding ortho intramolecular Hbond substituents is 1. The van der Waals surface area contributed by atoms with Crippen LogP contribution in [0.15, 0.2) is 30.3 Å². The number of nitrogens with zero attached hydrogens (tertiary/aromatic N) is 1. The van der Waals surface area contributed by atoms with Gasteiger partial charge in [-0.05, 0) is 55.3 Å². The number of fused-ring (bicyclic) bond motifs is 1. The zero-order valence-corrected chi connectivity index (χ0v) is 14.4. The van der Waals surface area contributed by atoms with E-state index in [1.165, 1.54) is 5.56 Å². The van der Waals surface area contributed by atoms with Gasteiger partial charge in [0.1, 0.15) is 5.75 Å². The average molecular weight is 328 g/mol. The Balaban J connectivity index is 2.02. The Labute approximate surface area is 142 Å². The lowest BCUT2D eigenvalue weighted by Crippen LogP contribution is -2.33. The Morgan fingerprint density at radius 1 is 1.21 bits per heavy atom. The van der Waals surface area contributed by atoms with Gasteiger partial charge in [-0.2, -0.15) is 0 Å². The summed E-state index contributed by atoms with van der Waals surface area (Å²) in [6.07, 6.45) is 1.66. The van der Waals surface area contributed by atoms with Gasteiger partial charge >= 0.3 is 0 Å². The monoisotopic (exact) mass is 328 g/mol. The average Bonchev–Trinajstić information content (AvgIpc) is 2.58. The van der Waals surface area contributed by atoms with Crippen LogP contribution in [0.5, 0.6) is 17.2 Å². The zero-order chi connectivity index (χ0) is 17.3. The second-order valence-corrected chi connectivity index (χ2v) is 6.20. The van der Waals surface area contributed by atoms with Crippen molar-refractivity contribution in [1.29, 1.82) is 0 Å². The number of hydrogen-bond donors (Lipinski definition) is 2. The minimum atomic E-state index is 0.129. The molecule has 1 aliphatic rings. The standard InChI is InChI=1S/C19H24N2O3/c1-21-8-7-12-9-19(24-3)17(22)11-13(12)16(21)10-14-15(20)5-4-6-18(14)23-2/h4-6,9,11,16,22H,7-8,10,20H2,1-3H3. The van der Waals surface area contributed by atoms with E-state index in [4.69, 9.17) is 15.2 Å². The molecule has 0 bridgehead atoms. The molecular weight excluding hydrogens is 304 g/mol. The third kappa shape index (κ3) is 2.87. The molecule has 1 heterocycles. The van der Waals surface area contributed by atoms with E-state index in [0.29, 0.717) is 5.75 Å². The summed E-state index contributed by atoms with van der Waals surface area (Å²) < 4.78 is 10.7. The van der Waals surface area contributed by atoms with Crippen molar-refractivity contribution in [3.05, 3.63) is 47.0 Å². The van der Waals surface area contributed by atoms with Crippen LogP contribution in [0.3, 0.4) is 0 Å². The van der Waals surface area contributed by atoms with Crippen LogP contribution in [0.4, 0.5) is 5.69 Å². The maximum Gasteiger partial charge on any atom is 0.160 e. The van der Waals surface area contributed by atoms with Crippen LogP contribution in [-0.4, -0.2) is 37.8 Å². The van der Waals surface area contributed by atoms with Crippen molar-refractivity contribution in [3.8, 4) is 17.2 Å². The van der Waals surface area contributed by atoms with Gasteiger partial charge < -0.3 is 20.3 Å². The minimum absolute atomic E-state index is 0.129. The highest BCUT2D eigenvalue weighted by molar-refractivity contribution is 5.56. The summed E-state index contributed by atoms with van der Waals surface area (Å²) in [6, 6.07) is 9.61. The number of nitrogen functional groups attached to an aromatic ring is 1. The third-order valence-corrected chi connectivity index (χ3v) is 4.85. The molecule has 1 unspecified atom stereocenters. The predicted octanol–water partition coefficient (Wildman–Crippen LogP) is 2.76. The van der Waals surface area contributed by atoms with Crippen molar-refractivity contribution in [3.63, 3.8) is 0 Å². The molecule has 2 aromatic carbocycles. The van der Waals surface area contributed by atoms with E-state index in [1.807, 2.05) is 30.3 Å². The molecule has 1 aliphatic heterocycles. The summed E-state index contributed by atoms with van der Waals surface area (Å²) in [4.78, 5) is 2.29. The fraction of sp³-hybridized carbons (Fsp3) is 0.368. The number of ether oxygens (including phenoxy) is 2. The van der Waals surface area contributed by atoms with Crippen LogP contribution in [0.2, 0.25) is 0 Å². The zero-order valence-electron chi connectivity index (χ0n) is 14.4. The number of nitrogens with two attached hydrogens (primary N) is 1. The molecule has 0 saturated heterocycles. The first-order chi connectivity index (χ1) is 11.5. The molecule has 5 nitrogen and oxygen atoms in total. The van der Waals surface area contributed by atoms with Gasteiger partial charge in [0.25, 0.3) is 0 Å². The summed E-state index contributed by atoms with van der Waals surface area (Å²) in [5.41, 5.74) is 10.2. The molecule has 0 spiro atoms. The summed E-state index contributed by atoms with van der Waals surface area (Å²) in [6.45, 7) is 0.945. The first kappa shape index (κ1) is 16.5. The second kappa shape index (κ2) is 6.61. The largest absolute Gasteiger partial charge is 0.504 e. The maximum absolute atomic E-state index is 10.2. The van der Waals surface area contributed by atoms with E-state index in [-0.39, 0.29) is 11.8 Å². The molecule has 2 aromatic rings. The minimum Gasteiger partial charge on any atom is -0.504 e. The molecule has 0 fully saturated rings. The van der Waals surface area contributed by atoms with Gasteiger partial charge in [-0.3, -0.25) is 4.90 Å². The highest BCUT2D eigenvalue weighted by atomic mass is 16.5. The van der Waals surface area contributed by atoms with Crippen molar-refractivity contribution in [2.45, 2.75) is 18.9 Å². The topological polar surface area (TPSA) is 68.0 Å². The van der Waals surface area contributed by atoms with Crippen molar-refractivity contribution in [2.24, 2.45) is 0 Å². The Kier molecular flexibility index (Phi) is 4.53. The number of hydrogen-bond acceptors (Lipinski definition) is 5. The van der Waals surface area contributed by atoms with Crippen LogP contribution in [0.1, 0.15) is 22.7 Å². The molecule has 0 aromatic heterocycles. The Morgan fingerprint density at radius 3 is 2.67 bits per heavy atom. The summed E-state index contributed by atoms with van der Waals surface area (Å²) >= 11 is 0.